The minimum absolute atomic E-state index is 0.0642. The van der Waals surface area contributed by atoms with Crippen LogP contribution in [-0.4, -0.2) is 37.8 Å². The molecule has 0 bridgehead atoms. The summed E-state index contributed by atoms with van der Waals surface area (Å²) in [5.74, 6) is -1.76. The summed E-state index contributed by atoms with van der Waals surface area (Å²) >= 11 is 0. The largest absolute Gasteiger partial charge is 0.480 e. The average Bonchev–Trinajstić information content (AvgIpc) is 3.09. The van der Waals surface area contributed by atoms with Gasteiger partial charge in [0.15, 0.2) is 5.65 Å². The lowest BCUT2D eigenvalue weighted by molar-refractivity contribution is -0.140. The number of nitrogens with zero attached hydrogens (tertiary/aromatic N) is 3. The number of carboxylic acid groups (broad SMARTS) is 1. The molecule has 28 heavy (non-hydrogen) atoms. The maximum atomic E-state index is 13.0. The summed E-state index contributed by atoms with van der Waals surface area (Å²) in [5, 5.41) is 17.0. The lowest BCUT2D eigenvalue weighted by Crippen LogP contribution is -2.44. The van der Waals surface area contributed by atoms with Crippen molar-refractivity contribution in [1.82, 2.24) is 20.1 Å². The van der Waals surface area contributed by atoms with Gasteiger partial charge in [-0.15, -0.1) is 0 Å². The van der Waals surface area contributed by atoms with Crippen LogP contribution in [0.4, 0.5) is 0 Å². The third kappa shape index (κ3) is 3.74. The first kappa shape index (κ1) is 19.5. The highest BCUT2D eigenvalue weighted by atomic mass is 16.4. The standard InChI is InChI=1S/C21H24N4O3/c1-12(2)18(21(27)28)24-20(26)15-10-17(14-8-6-5-7-9-14)23-19-16(15)11-22-25(19)13(3)4/h5-13,18H,1-4H3,(H,24,26)(H,27,28)/t18-/m1/s1. The van der Waals surface area contributed by atoms with Gasteiger partial charge in [0.1, 0.15) is 6.04 Å². The number of carboxylic acids is 1. The molecule has 2 N–H and O–H groups in total. The second-order valence-corrected chi connectivity index (χ2v) is 7.37. The second kappa shape index (κ2) is 7.80. The lowest BCUT2D eigenvalue weighted by atomic mass is 10.0. The van der Waals surface area contributed by atoms with Crippen molar-refractivity contribution in [2.45, 2.75) is 39.8 Å². The number of pyridine rings is 1. The molecule has 1 atom stereocenters. The van der Waals surface area contributed by atoms with Gasteiger partial charge in [-0.25, -0.2) is 14.5 Å². The van der Waals surface area contributed by atoms with E-state index >= 15 is 0 Å². The van der Waals surface area contributed by atoms with Crippen LogP contribution in [0.1, 0.15) is 44.1 Å². The Labute approximate surface area is 163 Å². The molecule has 3 rings (SSSR count). The van der Waals surface area contributed by atoms with Gasteiger partial charge >= 0.3 is 5.97 Å². The average molecular weight is 380 g/mol. The van der Waals surface area contributed by atoms with Crippen LogP contribution in [0.5, 0.6) is 0 Å². The maximum absolute atomic E-state index is 13.0. The van der Waals surface area contributed by atoms with E-state index in [0.717, 1.165) is 5.56 Å². The van der Waals surface area contributed by atoms with E-state index < -0.39 is 17.9 Å². The summed E-state index contributed by atoms with van der Waals surface area (Å²) in [4.78, 5) is 29.2. The molecule has 0 saturated heterocycles. The molecule has 7 heteroatoms. The summed E-state index contributed by atoms with van der Waals surface area (Å²) in [6.45, 7) is 7.49. The van der Waals surface area contributed by atoms with Gasteiger partial charge in [-0.2, -0.15) is 5.10 Å². The fraction of sp³-hybridized carbons (Fsp3) is 0.333. The molecule has 0 aliphatic heterocycles. The first-order chi connectivity index (χ1) is 13.3. The van der Waals surface area contributed by atoms with E-state index in [4.69, 9.17) is 4.98 Å². The lowest BCUT2D eigenvalue weighted by Gasteiger charge is -2.18. The number of fused-ring (bicyclic) bond motifs is 1. The highest BCUT2D eigenvalue weighted by Crippen LogP contribution is 2.26. The third-order valence-electron chi connectivity index (χ3n) is 4.59. The number of nitrogens with one attached hydrogen (secondary N) is 1. The number of carbonyl (C=O) groups is 2. The van der Waals surface area contributed by atoms with Crippen LogP contribution >= 0.6 is 0 Å². The molecule has 0 aliphatic carbocycles. The molecule has 2 heterocycles. The summed E-state index contributed by atoms with van der Waals surface area (Å²) < 4.78 is 1.76. The zero-order chi connectivity index (χ0) is 20.4. The number of carbonyl (C=O) groups excluding carboxylic acids is 1. The normalized spacial score (nSPS) is 12.5. The van der Waals surface area contributed by atoms with Crippen molar-refractivity contribution in [3.8, 4) is 11.3 Å². The minimum atomic E-state index is -1.06. The van der Waals surface area contributed by atoms with E-state index in [2.05, 4.69) is 10.4 Å². The van der Waals surface area contributed by atoms with Crippen LogP contribution in [0, 0.1) is 5.92 Å². The highest BCUT2D eigenvalue weighted by molar-refractivity contribution is 6.07. The van der Waals surface area contributed by atoms with Crippen molar-refractivity contribution in [1.29, 1.82) is 0 Å². The highest BCUT2D eigenvalue weighted by Gasteiger charge is 2.26. The van der Waals surface area contributed by atoms with Crippen LogP contribution in [0.3, 0.4) is 0 Å². The predicted octanol–water partition coefficient (Wildman–Crippen LogP) is 3.52. The SMILES string of the molecule is CC(C)[C@@H](NC(=O)c1cc(-c2ccccc2)nc2c1cnn2C(C)C)C(=O)O. The molecule has 1 amide bonds. The molecule has 0 unspecified atom stereocenters. The Morgan fingerprint density at radius 2 is 1.79 bits per heavy atom. The zero-order valence-electron chi connectivity index (χ0n) is 16.4. The Bertz CT molecular complexity index is 1010. The second-order valence-electron chi connectivity index (χ2n) is 7.37. The van der Waals surface area contributed by atoms with E-state index in [1.165, 1.54) is 0 Å². The summed E-state index contributed by atoms with van der Waals surface area (Å²) in [5.41, 5.74) is 2.46. The van der Waals surface area contributed by atoms with Crippen LogP contribution in [-0.2, 0) is 4.79 Å². The van der Waals surface area contributed by atoms with Gasteiger partial charge in [-0.3, -0.25) is 4.79 Å². The molecule has 3 aromatic rings. The van der Waals surface area contributed by atoms with Crippen molar-refractivity contribution in [2.24, 2.45) is 5.92 Å². The third-order valence-corrected chi connectivity index (χ3v) is 4.59. The summed E-state index contributed by atoms with van der Waals surface area (Å²) in [7, 11) is 0. The van der Waals surface area contributed by atoms with E-state index in [1.807, 2.05) is 44.2 Å². The number of benzene rings is 1. The van der Waals surface area contributed by atoms with E-state index in [-0.39, 0.29) is 12.0 Å². The van der Waals surface area contributed by atoms with Crippen molar-refractivity contribution < 1.29 is 14.7 Å². The molecule has 0 aliphatic rings. The number of rotatable bonds is 6. The van der Waals surface area contributed by atoms with E-state index in [9.17, 15) is 14.7 Å². The number of hydrogen-bond acceptors (Lipinski definition) is 4. The number of aromatic nitrogens is 3. The van der Waals surface area contributed by atoms with E-state index in [0.29, 0.717) is 22.3 Å². The quantitative estimate of drug-likeness (QED) is 0.682. The van der Waals surface area contributed by atoms with Gasteiger partial charge < -0.3 is 10.4 Å². The van der Waals surface area contributed by atoms with Crippen molar-refractivity contribution in [3.63, 3.8) is 0 Å². The molecule has 7 nitrogen and oxygen atoms in total. The van der Waals surface area contributed by atoms with Crippen molar-refractivity contribution in [3.05, 3.63) is 48.2 Å². The molecule has 0 saturated carbocycles. The number of amides is 1. The van der Waals surface area contributed by atoms with Gasteiger partial charge in [-0.05, 0) is 25.8 Å². The topological polar surface area (TPSA) is 97.1 Å². The van der Waals surface area contributed by atoms with Crippen molar-refractivity contribution in [2.75, 3.05) is 0 Å². The van der Waals surface area contributed by atoms with Gasteiger partial charge in [-0.1, -0.05) is 44.2 Å². The van der Waals surface area contributed by atoms with Crippen LogP contribution in [0.15, 0.2) is 42.6 Å². The molecular formula is C21H24N4O3. The van der Waals surface area contributed by atoms with Gasteiger partial charge in [0, 0.05) is 11.6 Å². The monoisotopic (exact) mass is 380 g/mol. The zero-order valence-corrected chi connectivity index (χ0v) is 16.4. The smallest absolute Gasteiger partial charge is 0.326 e. The Morgan fingerprint density at radius 1 is 1.11 bits per heavy atom. The Hall–Kier alpha value is -3.22. The molecule has 1 aromatic carbocycles. The van der Waals surface area contributed by atoms with Gasteiger partial charge in [0.25, 0.3) is 5.91 Å². The Balaban J connectivity index is 2.15. The van der Waals surface area contributed by atoms with Gasteiger partial charge in [0.05, 0.1) is 22.8 Å². The summed E-state index contributed by atoms with van der Waals surface area (Å²) in [6, 6.07) is 10.3. The first-order valence-electron chi connectivity index (χ1n) is 9.27. The molecule has 0 spiro atoms. The van der Waals surface area contributed by atoms with Crippen LogP contribution < -0.4 is 5.32 Å². The maximum Gasteiger partial charge on any atom is 0.326 e. The Kier molecular flexibility index (Phi) is 5.44. The predicted molar refractivity (Wildman–Crippen MR) is 107 cm³/mol. The fourth-order valence-corrected chi connectivity index (χ4v) is 3.07. The van der Waals surface area contributed by atoms with Crippen LogP contribution in [0.2, 0.25) is 0 Å². The van der Waals surface area contributed by atoms with Crippen LogP contribution in [0.25, 0.3) is 22.3 Å². The fourth-order valence-electron chi connectivity index (χ4n) is 3.07. The molecule has 0 fully saturated rings. The first-order valence-corrected chi connectivity index (χ1v) is 9.27. The molecule has 146 valence electrons. The molecule has 2 aromatic heterocycles. The minimum Gasteiger partial charge on any atom is -0.480 e. The summed E-state index contributed by atoms with van der Waals surface area (Å²) in [6.07, 6.45) is 1.61. The van der Waals surface area contributed by atoms with Crippen molar-refractivity contribution >= 4 is 22.9 Å². The van der Waals surface area contributed by atoms with Gasteiger partial charge in [0.2, 0.25) is 0 Å². The number of aliphatic carboxylic acids is 1. The molecular weight excluding hydrogens is 356 g/mol. The van der Waals surface area contributed by atoms with E-state index in [1.54, 1.807) is 30.8 Å². The number of hydrogen-bond donors (Lipinski definition) is 2. The Morgan fingerprint density at radius 3 is 2.36 bits per heavy atom. The molecule has 0 radical (unpaired) electrons.